The molecule has 1 unspecified atom stereocenters. The van der Waals surface area contributed by atoms with Crippen molar-refractivity contribution >= 4 is 17.5 Å². The van der Waals surface area contributed by atoms with Crippen LogP contribution in [0.2, 0.25) is 0 Å². The van der Waals surface area contributed by atoms with Crippen LogP contribution in [0.3, 0.4) is 0 Å². The molecule has 2 aromatic rings. The third kappa shape index (κ3) is 4.84. The van der Waals surface area contributed by atoms with Gasteiger partial charge in [-0.05, 0) is 54.4 Å². The van der Waals surface area contributed by atoms with Crippen LogP contribution in [0.4, 0.5) is 5.69 Å². The van der Waals surface area contributed by atoms with Crippen molar-refractivity contribution in [2.24, 2.45) is 5.92 Å². The molecule has 2 amide bonds. The van der Waals surface area contributed by atoms with E-state index in [9.17, 15) is 9.59 Å². The smallest absolute Gasteiger partial charge is 0.251 e. The van der Waals surface area contributed by atoms with Gasteiger partial charge in [-0.3, -0.25) is 9.59 Å². The Hall–Kier alpha value is -3.33. The van der Waals surface area contributed by atoms with Gasteiger partial charge >= 0.3 is 0 Å². The first kappa shape index (κ1) is 19.0. The lowest BCUT2D eigenvalue weighted by Crippen LogP contribution is -2.47. The third-order valence-corrected chi connectivity index (χ3v) is 3.87. The highest BCUT2D eigenvalue weighted by Crippen LogP contribution is 2.14. The maximum atomic E-state index is 12.6. The molecule has 0 bridgehead atoms. The van der Waals surface area contributed by atoms with Crippen molar-refractivity contribution in [1.29, 1.82) is 5.26 Å². The number of ether oxygens (including phenoxy) is 1. The van der Waals surface area contributed by atoms with Gasteiger partial charge in [-0.2, -0.15) is 5.26 Å². The first-order chi connectivity index (χ1) is 12.4. The Morgan fingerprint density at radius 2 is 1.65 bits per heavy atom. The average molecular weight is 351 g/mol. The minimum atomic E-state index is -0.694. The van der Waals surface area contributed by atoms with Crippen molar-refractivity contribution in [3.8, 4) is 11.8 Å². The molecule has 0 heterocycles. The molecule has 2 aromatic carbocycles. The van der Waals surface area contributed by atoms with Crippen LogP contribution in [0.25, 0.3) is 0 Å². The van der Waals surface area contributed by atoms with Crippen molar-refractivity contribution in [3.63, 3.8) is 0 Å². The van der Waals surface area contributed by atoms with E-state index in [1.807, 2.05) is 19.9 Å². The zero-order valence-corrected chi connectivity index (χ0v) is 14.9. The average Bonchev–Trinajstić information content (AvgIpc) is 2.66. The van der Waals surface area contributed by atoms with Crippen LogP contribution in [-0.4, -0.2) is 25.0 Å². The fraction of sp³-hybridized carbons (Fsp3) is 0.250. The van der Waals surface area contributed by atoms with Crippen LogP contribution >= 0.6 is 0 Å². The van der Waals surface area contributed by atoms with Crippen molar-refractivity contribution in [2.45, 2.75) is 19.9 Å². The Labute approximate surface area is 152 Å². The van der Waals surface area contributed by atoms with Gasteiger partial charge in [0.25, 0.3) is 5.91 Å². The molecular formula is C20H21N3O3. The number of hydrogen-bond acceptors (Lipinski definition) is 4. The second kappa shape index (κ2) is 8.67. The number of carbonyl (C=O) groups is 2. The minimum absolute atomic E-state index is 0.101. The number of anilines is 1. The van der Waals surface area contributed by atoms with Gasteiger partial charge in [0.05, 0.1) is 18.7 Å². The molecule has 26 heavy (non-hydrogen) atoms. The molecule has 0 fully saturated rings. The summed E-state index contributed by atoms with van der Waals surface area (Å²) in [6, 6.07) is 14.5. The van der Waals surface area contributed by atoms with Gasteiger partial charge in [0.2, 0.25) is 5.91 Å². The van der Waals surface area contributed by atoms with Crippen LogP contribution in [0, 0.1) is 17.2 Å². The molecule has 2 rings (SSSR count). The molecule has 0 radical (unpaired) electrons. The number of nitrogens with one attached hydrogen (secondary N) is 2. The molecule has 134 valence electrons. The first-order valence-corrected chi connectivity index (χ1v) is 8.20. The summed E-state index contributed by atoms with van der Waals surface area (Å²) in [4.78, 5) is 25.0. The zero-order chi connectivity index (χ0) is 19.1. The van der Waals surface area contributed by atoms with Crippen LogP contribution in [0.15, 0.2) is 48.5 Å². The van der Waals surface area contributed by atoms with Crippen molar-refractivity contribution < 1.29 is 14.3 Å². The quantitative estimate of drug-likeness (QED) is 0.837. The number of benzene rings is 2. The summed E-state index contributed by atoms with van der Waals surface area (Å²) in [5, 5.41) is 14.4. The fourth-order valence-electron chi connectivity index (χ4n) is 2.35. The van der Waals surface area contributed by atoms with E-state index in [-0.39, 0.29) is 17.7 Å². The molecule has 0 aliphatic heterocycles. The summed E-state index contributed by atoms with van der Waals surface area (Å²) in [5.41, 5.74) is 1.53. The largest absolute Gasteiger partial charge is 0.497 e. The van der Waals surface area contributed by atoms with Gasteiger partial charge < -0.3 is 15.4 Å². The van der Waals surface area contributed by atoms with E-state index in [0.29, 0.717) is 22.6 Å². The maximum absolute atomic E-state index is 12.6. The fourth-order valence-corrected chi connectivity index (χ4v) is 2.35. The molecule has 0 aliphatic rings. The number of nitriles is 1. The summed E-state index contributed by atoms with van der Waals surface area (Å²) >= 11 is 0. The molecule has 6 heteroatoms. The van der Waals surface area contributed by atoms with E-state index in [1.165, 1.54) is 0 Å². The molecule has 0 saturated carbocycles. The molecule has 0 aliphatic carbocycles. The van der Waals surface area contributed by atoms with E-state index >= 15 is 0 Å². The summed E-state index contributed by atoms with van der Waals surface area (Å²) < 4.78 is 5.07. The van der Waals surface area contributed by atoms with Gasteiger partial charge in [-0.1, -0.05) is 13.8 Å². The standard InChI is InChI=1S/C20H21N3O3/c1-13(2)18(20(25)22-16-8-4-14(12-21)5-9-16)23-19(24)15-6-10-17(26-3)11-7-15/h4-11,13,18H,1-3H3,(H,22,25)(H,23,24). The summed E-state index contributed by atoms with van der Waals surface area (Å²) in [6.07, 6.45) is 0. The molecule has 0 saturated heterocycles. The Kier molecular flexibility index (Phi) is 6.34. The topological polar surface area (TPSA) is 91.2 Å². The lowest BCUT2D eigenvalue weighted by Gasteiger charge is -2.22. The Balaban J connectivity index is 2.07. The van der Waals surface area contributed by atoms with Gasteiger partial charge in [-0.25, -0.2) is 0 Å². The highest BCUT2D eigenvalue weighted by Gasteiger charge is 2.24. The second-order valence-electron chi connectivity index (χ2n) is 6.10. The van der Waals surface area contributed by atoms with Gasteiger partial charge in [0.1, 0.15) is 11.8 Å². The van der Waals surface area contributed by atoms with E-state index in [1.54, 1.807) is 55.6 Å². The minimum Gasteiger partial charge on any atom is -0.497 e. The van der Waals surface area contributed by atoms with E-state index in [4.69, 9.17) is 10.00 Å². The highest BCUT2D eigenvalue weighted by molar-refractivity contribution is 6.01. The van der Waals surface area contributed by atoms with Crippen LogP contribution < -0.4 is 15.4 Å². The maximum Gasteiger partial charge on any atom is 0.251 e. The summed E-state index contributed by atoms with van der Waals surface area (Å²) in [7, 11) is 1.55. The van der Waals surface area contributed by atoms with Crippen LogP contribution in [-0.2, 0) is 4.79 Å². The monoisotopic (exact) mass is 351 g/mol. The lowest BCUT2D eigenvalue weighted by molar-refractivity contribution is -0.118. The number of methoxy groups -OCH3 is 1. The molecule has 0 spiro atoms. The number of amides is 2. The Bertz CT molecular complexity index is 806. The van der Waals surface area contributed by atoms with E-state index in [0.717, 1.165) is 0 Å². The number of hydrogen-bond donors (Lipinski definition) is 2. The Morgan fingerprint density at radius 3 is 2.15 bits per heavy atom. The second-order valence-corrected chi connectivity index (χ2v) is 6.10. The van der Waals surface area contributed by atoms with Gasteiger partial charge in [0.15, 0.2) is 0 Å². The molecule has 0 aromatic heterocycles. The third-order valence-electron chi connectivity index (χ3n) is 3.87. The molecule has 2 N–H and O–H groups in total. The SMILES string of the molecule is COc1ccc(C(=O)NC(C(=O)Nc2ccc(C#N)cc2)C(C)C)cc1. The lowest BCUT2D eigenvalue weighted by atomic mass is 10.0. The predicted molar refractivity (Wildman–Crippen MR) is 98.9 cm³/mol. The van der Waals surface area contributed by atoms with Crippen molar-refractivity contribution in [3.05, 3.63) is 59.7 Å². The molecule has 6 nitrogen and oxygen atoms in total. The van der Waals surface area contributed by atoms with E-state index in [2.05, 4.69) is 10.6 Å². The van der Waals surface area contributed by atoms with Gasteiger partial charge in [0, 0.05) is 11.3 Å². The van der Waals surface area contributed by atoms with Crippen molar-refractivity contribution in [2.75, 3.05) is 12.4 Å². The molecular weight excluding hydrogens is 330 g/mol. The van der Waals surface area contributed by atoms with Crippen LogP contribution in [0.5, 0.6) is 5.75 Å². The normalized spacial score (nSPS) is 11.3. The number of carbonyl (C=O) groups excluding carboxylic acids is 2. The molecule has 1 atom stereocenters. The van der Waals surface area contributed by atoms with E-state index < -0.39 is 6.04 Å². The predicted octanol–water partition coefficient (Wildman–Crippen LogP) is 2.96. The number of rotatable bonds is 6. The number of nitrogens with zero attached hydrogens (tertiary/aromatic N) is 1. The summed E-state index contributed by atoms with van der Waals surface area (Å²) in [5.74, 6) is -0.0935. The highest BCUT2D eigenvalue weighted by atomic mass is 16.5. The van der Waals surface area contributed by atoms with Crippen LogP contribution in [0.1, 0.15) is 29.8 Å². The van der Waals surface area contributed by atoms with Gasteiger partial charge in [-0.15, -0.1) is 0 Å². The first-order valence-electron chi connectivity index (χ1n) is 8.20. The Morgan fingerprint density at radius 1 is 1.04 bits per heavy atom. The van der Waals surface area contributed by atoms with Crippen molar-refractivity contribution in [1.82, 2.24) is 5.32 Å². The summed E-state index contributed by atoms with van der Waals surface area (Å²) in [6.45, 7) is 3.72. The zero-order valence-electron chi connectivity index (χ0n) is 14.9.